The Bertz CT molecular complexity index is 951. The van der Waals surface area contributed by atoms with Gasteiger partial charge < -0.3 is 14.0 Å². The second-order valence-electron chi connectivity index (χ2n) is 6.43. The third-order valence-corrected chi connectivity index (χ3v) is 4.12. The van der Waals surface area contributed by atoms with Crippen LogP contribution in [0.2, 0.25) is 0 Å². The zero-order valence-electron chi connectivity index (χ0n) is 16.3. The first kappa shape index (κ1) is 20.1. The number of rotatable bonds is 8. The zero-order chi connectivity index (χ0) is 20.6. The molecule has 0 spiro atoms. The second kappa shape index (κ2) is 9.54. The van der Waals surface area contributed by atoms with Gasteiger partial charge in [-0.3, -0.25) is 10.1 Å². The number of nitrogens with one attached hydrogen (secondary N) is 1. The fourth-order valence-corrected chi connectivity index (χ4v) is 2.56. The lowest BCUT2D eigenvalue weighted by molar-refractivity contribution is -0.154. The average Bonchev–Trinajstić information content (AvgIpc) is 3.20. The first-order chi connectivity index (χ1) is 14.0. The molecule has 1 atom stereocenters. The van der Waals surface area contributed by atoms with Gasteiger partial charge in [0.15, 0.2) is 12.7 Å². The molecule has 3 aromatic rings. The van der Waals surface area contributed by atoms with E-state index in [9.17, 15) is 9.59 Å². The summed E-state index contributed by atoms with van der Waals surface area (Å²) in [5, 5.41) is 6.45. The van der Waals surface area contributed by atoms with Gasteiger partial charge in [-0.05, 0) is 25.5 Å². The van der Waals surface area contributed by atoms with Gasteiger partial charge in [-0.1, -0.05) is 60.1 Å². The van der Waals surface area contributed by atoms with Crippen molar-refractivity contribution in [1.82, 2.24) is 5.16 Å². The first-order valence-corrected chi connectivity index (χ1v) is 9.27. The Hall–Kier alpha value is -3.61. The van der Waals surface area contributed by atoms with E-state index in [1.807, 2.05) is 49.4 Å². The van der Waals surface area contributed by atoms with Crippen LogP contribution in [0.4, 0.5) is 5.88 Å². The van der Waals surface area contributed by atoms with Crippen molar-refractivity contribution < 1.29 is 23.6 Å². The van der Waals surface area contributed by atoms with Crippen LogP contribution in [0, 0.1) is 6.92 Å². The van der Waals surface area contributed by atoms with Crippen molar-refractivity contribution in [3.05, 3.63) is 66.2 Å². The number of anilines is 1. The maximum absolute atomic E-state index is 12.2. The normalized spacial score (nSPS) is 11.5. The van der Waals surface area contributed by atoms with Crippen LogP contribution >= 0.6 is 0 Å². The molecule has 1 amide bonds. The summed E-state index contributed by atoms with van der Waals surface area (Å²) in [6.45, 7) is 3.34. The van der Waals surface area contributed by atoms with Gasteiger partial charge >= 0.3 is 5.97 Å². The molecule has 0 saturated heterocycles. The second-order valence-corrected chi connectivity index (χ2v) is 6.43. The van der Waals surface area contributed by atoms with Crippen molar-refractivity contribution in [3.8, 4) is 17.0 Å². The molecule has 2 aromatic carbocycles. The quantitative estimate of drug-likeness (QED) is 0.581. The first-order valence-electron chi connectivity index (χ1n) is 9.27. The number of aryl methyl sites for hydroxylation is 1. The maximum Gasteiger partial charge on any atom is 0.347 e. The Morgan fingerprint density at radius 2 is 1.83 bits per heavy atom. The summed E-state index contributed by atoms with van der Waals surface area (Å²) >= 11 is 0. The number of carbonyl (C=O) groups is 2. The summed E-state index contributed by atoms with van der Waals surface area (Å²) in [5.74, 6) is -0.399. The molecule has 1 N–H and O–H groups in total. The molecule has 0 aliphatic rings. The molecule has 1 heterocycles. The van der Waals surface area contributed by atoms with E-state index < -0.39 is 24.6 Å². The van der Waals surface area contributed by atoms with Gasteiger partial charge in [-0.15, -0.1) is 0 Å². The van der Waals surface area contributed by atoms with Crippen molar-refractivity contribution in [2.45, 2.75) is 26.4 Å². The van der Waals surface area contributed by atoms with Crippen LogP contribution < -0.4 is 10.1 Å². The molecule has 0 saturated carbocycles. The van der Waals surface area contributed by atoms with Crippen LogP contribution in [0.1, 0.15) is 18.9 Å². The molecular formula is C22H22N2O5. The topological polar surface area (TPSA) is 90.7 Å². The number of amides is 1. The Balaban J connectivity index is 1.50. The highest BCUT2D eigenvalue weighted by molar-refractivity contribution is 5.92. The molecule has 0 radical (unpaired) electrons. The van der Waals surface area contributed by atoms with Gasteiger partial charge in [0.1, 0.15) is 11.4 Å². The van der Waals surface area contributed by atoms with Crippen LogP contribution in [0.5, 0.6) is 5.75 Å². The minimum absolute atomic E-state index is 0.175. The Morgan fingerprint density at radius 3 is 2.52 bits per heavy atom. The highest BCUT2D eigenvalue weighted by Gasteiger charge is 2.21. The molecule has 150 valence electrons. The van der Waals surface area contributed by atoms with Crippen molar-refractivity contribution >= 4 is 17.8 Å². The summed E-state index contributed by atoms with van der Waals surface area (Å²) in [6, 6.07) is 18.3. The fourth-order valence-electron chi connectivity index (χ4n) is 2.56. The minimum Gasteiger partial charge on any atom is -0.479 e. The van der Waals surface area contributed by atoms with E-state index in [0.29, 0.717) is 17.9 Å². The number of hydrogen-bond acceptors (Lipinski definition) is 6. The molecule has 0 bridgehead atoms. The Labute approximate surface area is 168 Å². The monoisotopic (exact) mass is 394 g/mol. The predicted molar refractivity (Wildman–Crippen MR) is 107 cm³/mol. The van der Waals surface area contributed by atoms with Gasteiger partial charge in [0.2, 0.25) is 5.88 Å². The third-order valence-electron chi connectivity index (χ3n) is 4.12. The minimum atomic E-state index is -0.788. The Morgan fingerprint density at radius 1 is 1.10 bits per heavy atom. The lowest BCUT2D eigenvalue weighted by Crippen LogP contribution is -2.31. The number of carbonyl (C=O) groups excluding carboxylic acids is 2. The molecular weight excluding hydrogens is 372 g/mol. The van der Waals surface area contributed by atoms with Crippen LogP contribution in [0.25, 0.3) is 11.3 Å². The van der Waals surface area contributed by atoms with Gasteiger partial charge in [0.05, 0.1) is 0 Å². The van der Waals surface area contributed by atoms with Gasteiger partial charge in [-0.2, -0.15) is 0 Å². The molecule has 7 heteroatoms. The third kappa shape index (κ3) is 5.68. The van der Waals surface area contributed by atoms with Crippen LogP contribution in [0.15, 0.2) is 65.2 Å². The number of hydrogen-bond donors (Lipinski definition) is 1. The molecule has 1 aromatic heterocycles. The van der Waals surface area contributed by atoms with Crippen molar-refractivity contribution in [1.29, 1.82) is 0 Å². The van der Waals surface area contributed by atoms with E-state index in [-0.39, 0.29) is 5.88 Å². The number of esters is 1. The summed E-state index contributed by atoms with van der Waals surface area (Å²) in [5.41, 5.74) is 2.60. The van der Waals surface area contributed by atoms with E-state index in [1.54, 1.807) is 25.1 Å². The van der Waals surface area contributed by atoms with E-state index in [0.717, 1.165) is 11.1 Å². The average molecular weight is 394 g/mol. The van der Waals surface area contributed by atoms with Crippen molar-refractivity contribution in [3.63, 3.8) is 0 Å². The summed E-state index contributed by atoms with van der Waals surface area (Å²) in [7, 11) is 0. The lowest BCUT2D eigenvalue weighted by Gasteiger charge is -2.16. The van der Waals surface area contributed by atoms with Crippen LogP contribution in [0.3, 0.4) is 0 Å². The number of benzene rings is 2. The predicted octanol–water partition coefficient (Wildman–Crippen LogP) is 3.99. The Kier molecular flexibility index (Phi) is 6.63. The molecule has 29 heavy (non-hydrogen) atoms. The molecule has 7 nitrogen and oxygen atoms in total. The van der Waals surface area contributed by atoms with Gasteiger partial charge in [0, 0.05) is 11.6 Å². The molecule has 0 aliphatic heterocycles. The van der Waals surface area contributed by atoms with E-state index in [2.05, 4.69) is 10.5 Å². The van der Waals surface area contributed by atoms with E-state index in [1.165, 1.54) is 0 Å². The van der Waals surface area contributed by atoms with E-state index >= 15 is 0 Å². The smallest absolute Gasteiger partial charge is 0.347 e. The lowest BCUT2D eigenvalue weighted by atomic mass is 10.1. The van der Waals surface area contributed by atoms with Crippen LogP contribution in [-0.4, -0.2) is 29.7 Å². The SMILES string of the molecule is CC[C@@H](Oc1ccccc1)C(=O)OCC(=O)Nc1cc(-c2ccc(C)cc2)no1. The molecule has 3 rings (SSSR count). The molecule has 0 unspecified atom stereocenters. The fraction of sp³-hybridized carbons (Fsp3) is 0.227. The number of para-hydroxylation sites is 1. The summed E-state index contributed by atoms with van der Waals surface area (Å²) in [6.07, 6.45) is -0.374. The molecule has 0 aliphatic carbocycles. The standard InChI is InChI=1S/C22H22N2O5/c1-3-19(28-17-7-5-4-6-8-17)22(26)27-14-20(25)23-21-13-18(24-29-21)16-11-9-15(2)10-12-16/h4-13,19H,3,14H2,1-2H3,(H,23,25)/t19-/m1/s1. The number of nitrogens with zero attached hydrogens (tertiary/aromatic N) is 1. The highest BCUT2D eigenvalue weighted by Crippen LogP contribution is 2.22. The zero-order valence-corrected chi connectivity index (χ0v) is 16.3. The van der Waals surface area contributed by atoms with E-state index in [4.69, 9.17) is 14.0 Å². The maximum atomic E-state index is 12.2. The van der Waals surface area contributed by atoms with Gasteiger partial charge in [0.25, 0.3) is 5.91 Å². The molecule has 0 fully saturated rings. The summed E-state index contributed by atoms with van der Waals surface area (Å²) in [4.78, 5) is 24.2. The number of aromatic nitrogens is 1. The van der Waals surface area contributed by atoms with Crippen molar-refractivity contribution in [2.24, 2.45) is 0 Å². The summed E-state index contributed by atoms with van der Waals surface area (Å²) < 4.78 is 15.8. The number of ether oxygens (including phenoxy) is 2. The van der Waals surface area contributed by atoms with Crippen LogP contribution in [-0.2, 0) is 14.3 Å². The van der Waals surface area contributed by atoms with Gasteiger partial charge in [-0.25, -0.2) is 4.79 Å². The largest absolute Gasteiger partial charge is 0.479 e. The van der Waals surface area contributed by atoms with Crippen molar-refractivity contribution in [2.75, 3.05) is 11.9 Å². The highest BCUT2D eigenvalue weighted by atomic mass is 16.6.